The molecular formula is C18H15BrN6OS. The largest absolute Gasteiger partial charge is 0.389 e. The van der Waals surface area contributed by atoms with E-state index in [1.807, 2.05) is 24.5 Å². The molecule has 0 aliphatic rings. The molecule has 27 heavy (non-hydrogen) atoms. The molecule has 0 radical (unpaired) electrons. The summed E-state index contributed by atoms with van der Waals surface area (Å²) >= 11 is 4.63. The second-order valence-corrected chi connectivity index (χ2v) is 6.93. The Morgan fingerprint density at radius 2 is 2.00 bits per heavy atom. The van der Waals surface area contributed by atoms with Gasteiger partial charge < -0.3 is 9.50 Å². The van der Waals surface area contributed by atoms with Gasteiger partial charge in [0.25, 0.3) is 0 Å². The van der Waals surface area contributed by atoms with E-state index in [1.165, 1.54) is 12.0 Å². The number of hydrogen-bond donors (Lipinski definition) is 1. The van der Waals surface area contributed by atoms with Crippen LogP contribution in [0.1, 0.15) is 5.56 Å². The Balaban J connectivity index is 1.55. The van der Waals surface area contributed by atoms with Crippen molar-refractivity contribution in [2.24, 2.45) is 0 Å². The van der Waals surface area contributed by atoms with Gasteiger partial charge in [-0.05, 0) is 33.6 Å². The van der Waals surface area contributed by atoms with E-state index in [0.29, 0.717) is 18.1 Å². The van der Waals surface area contributed by atoms with Crippen LogP contribution in [0.2, 0.25) is 0 Å². The third-order valence-corrected chi connectivity index (χ3v) is 4.70. The van der Waals surface area contributed by atoms with Crippen LogP contribution < -0.4 is 9.50 Å². The van der Waals surface area contributed by atoms with Crippen LogP contribution in [0.15, 0.2) is 59.3 Å². The van der Waals surface area contributed by atoms with Crippen LogP contribution in [-0.2, 0) is 6.54 Å². The Morgan fingerprint density at radius 1 is 1.15 bits per heavy atom. The average Bonchev–Trinajstić information content (AvgIpc) is 3.09. The van der Waals surface area contributed by atoms with Crippen LogP contribution in [-0.4, -0.2) is 30.8 Å². The Labute approximate surface area is 168 Å². The summed E-state index contributed by atoms with van der Waals surface area (Å²) < 4.78 is 7.80. The molecule has 0 saturated heterocycles. The normalized spacial score (nSPS) is 10.9. The summed E-state index contributed by atoms with van der Waals surface area (Å²) in [6.07, 6.45) is 5.29. The molecule has 4 aromatic rings. The van der Waals surface area contributed by atoms with E-state index >= 15 is 0 Å². The first kappa shape index (κ1) is 17.7. The Morgan fingerprint density at radius 3 is 2.74 bits per heavy atom. The number of pyridine rings is 1. The monoisotopic (exact) mass is 442 g/mol. The van der Waals surface area contributed by atoms with Gasteiger partial charge in [-0.1, -0.05) is 30.3 Å². The van der Waals surface area contributed by atoms with Gasteiger partial charge in [-0.3, -0.25) is 4.98 Å². The highest BCUT2D eigenvalue weighted by molar-refractivity contribution is 9.10. The van der Waals surface area contributed by atoms with E-state index in [2.05, 4.69) is 65.6 Å². The molecule has 0 saturated carbocycles. The maximum Gasteiger partial charge on any atom is 0.334 e. The van der Waals surface area contributed by atoms with Crippen LogP contribution in [0.3, 0.4) is 0 Å². The van der Waals surface area contributed by atoms with Crippen molar-refractivity contribution in [1.29, 1.82) is 0 Å². The van der Waals surface area contributed by atoms with Gasteiger partial charge in [-0.15, -0.1) is 0 Å². The maximum atomic E-state index is 5.38. The van der Waals surface area contributed by atoms with Gasteiger partial charge >= 0.3 is 6.01 Å². The van der Waals surface area contributed by atoms with Crippen molar-refractivity contribution in [2.75, 3.05) is 11.6 Å². The second kappa shape index (κ2) is 7.93. The van der Waals surface area contributed by atoms with Crippen molar-refractivity contribution >= 4 is 39.6 Å². The van der Waals surface area contributed by atoms with E-state index in [-0.39, 0.29) is 6.01 Å². The minimum Gasteiger partial charge on any atom is -0.389 e. The van der Waals surface area contributed by atoms with Crippen molar-refractivity contribution in [3.05, 3.63) is 64.9 Å². The molecular weight excluding hydrogens is 428 g/mol. The zero-order valence-corrected chi connectivity index (χ0v) is 16.7. The first-order valence-corrected chi connectivity index (χ1v) is 10.0. The molecule has 0 fully saturated rings. The lowest BCUT2D eigenvalue weighted by Gasteiger charge is -2.09. The quantitative estimate of drug-likeness (QED) is 0.447. The summed E-state index contributed by atoms with van der Waals surface area (Å²) in [5.41, 5.74) is 3.78. The zero-order valence-electron chi connectivity index (χ0n) is 14.3. The molecule has 136 valence electrons. The van der Waals surface area contributed by atoms with Crippen molar-refractivity contribution in [3.8, 4) is 17.3 Å². The third-order valence-electron chi connectivity index (χ3n) is 3.83. The summed E-state index contributed by atoms with van der Waals surface area (Å²) in [7, 11) is 0. The smallest absolute Gasteiger partial charge is 0.334 e. The van der Waals surface area contributed by atoms with E-state index in [1.54, 1.807) is 16.9 Å². The molecule has 7 nitrogen and oxygen atoms in total. The fourth-order valence-electron chi connectivity index (χ4n) is 2.57. The Kier molecular flexibility index (Phi) is 5.21. The van der Waals surface area contributed by atoms with Crippen molar-refractivity contribution in [3.63, 3.8) is 0 Å². The number of halogens is 1. The van der Waals surface area contributed by atoms with Gasteiger partial charge in [0.1, 0.15) is 0 Å². The molecule has 0 atom stereocenters. The van der Waals surface area contributed by atoms with Crippen LogP contribution >= 0.6 is 28.0 Å². The molecule has 3 aromatic heterocycles. The van der Waals surface area contributed by atoms with Crippen molar-refractivity contribution in [2.45, 2.75) is 6.54 Å². The zero-order chi connectivity index (χ0) is 18.6. The van der Waals surface area contributed by atoms with Crippen molar-refractivity contribution in [1.82, 2.24) is 24.6 Å². The number of rotatable bonds is 6. The van der Waals surface area contributed by atoms with Gasteiger partial charge in [0.05, 0.1) is 28.4 Å². The summed E-state index contributed by atoms with van der Waals surface area (Å²) in [4.78, 5) is 13.1. The molecule has 4 rings (SSSR count). The molecule has 0 amide bonds. The molecule has 0 aliphatic heterocycles. The molecule has 9 heteroatoms. The predicted octanol–water partition coefficient (Wildman–Crippen LogP) is 4.22. The lowest BCUT2D eigenvalue weighted by atomic mass is 10.1. The highest BCUT2D eigenvalue weighted by Crippen LogP contribution is 2.22. The van der Waals surface area contributed by atoms with E-state index in [9.17, 15) is 0 Å². The van der Waals surface area contributed by atoms with Gasteiger partial charge in [0.2, 0.25) is 5.95 Å². The molecule has 0 bridgehead atoms. The summed E-state index contributed by atoms with van der Waals surface area (Å²) in [5.74, 6) is 0.559. The van der Waals surface area contributed by atoms with Gasteiger partial charge in [-0.2, -0.15) is 19.6 Å². The number of aromatic nitrogens is 5. The van der Waals surface area contributed by atoms with Crippen LogP contribution in [0.5, 0.6) is 6.01 Å². The standard InChI is InChI=1S/C18H15BrN6OS/c1-27-26-18-23-16-14(19)11-22-25(16)17(24-18)21-10-12-5-7-13(8-6-12)15-4-2-3-9-20-15/h2-9,11H,10H2,1H3,(H,21,23,24). The molecule has 1 aromatic carbocycles. The molecule has 0 unspecified atom stereocenters. The fourth-order valence-corrected chi connectivity index (χ4v) is 3.14. The number of hydrogen-bond acceptors (Lipinski definition) is 7. The lowest BCUT2D eigenvalue weighted by molar-refractivity contribution is 0.584. The highest BCUT2D eigenvalue weighted by atomic mass is 79.9. The molecule has 0 spiro atoms. The van der Waals surface area contributed by atoms with E-state index in [0.717, 1.165) is 21.3 Å². The first-order valence-electron chi connectivity index (χ1n) is 8.11. The number of nitrogens with one attached hydrogen (secondary N) is 1. The highest BCUT2D eigenvalue weighted by Gasteiger charge is 2.12. The number of nitrogens with zero attached hydrogens (tertiary/aromatic N) is 5. The SMILES string of the molecule is CSOc1nc(NCc2ccc(-c3ccccn3)cc2)n2ncc(Br)c2n1. The number of fused-ring (bicyclic) bond motifs is 1. The molecule has 3 heterocycles. The minimum absolute atomic E-state index is 0.282. The lowest BCUT2D eigenvalue weighted by Crippen LogP contribution is -2.09. The first-order chi connectivity index (χ1) is 13.2. The van der Waals surface area contributed by atoms with Gasteiger partial charge in [-0.25, -0.2) is 0 Å². The molecule has 0 aliphatic carbocycles. The number of anilines is 1. The third kappa shape index (κ3) is 3.88. The van der Waals surface area contributed by atoms with Crippen LogP contribution in [0, 0.1) is 0 Å². The summed E-state index contributed by atoms with van der Waals surface area (Å²) in [5, 5.41) is 7.60. The number of benzene rings is 1. The summed E-state index contributed by atoms with van der Waals surface area (Å²) in [6, 6.07) is 14.4. The van der Waals surface area contributed by atoms with E-state index < -0.39 is 0 Å². The second-order valence-electron chi connectivity index (χ2n) is 5.57. The van der Waals surface area contributed by atoms with Gasteiger partial charge in [0, 0.05) is 24.6 Å². The minimum atomic E-state index is 0.282. The maximum absolute atomic E-state index is 5.38. The van der Waals surface area contributed by atoms with E-state index in [4.69, 9.17) is 4.18 Å². The topological polar surface area (TPSA) is 77.2 Å². The Hall–Kier alpha value is -2.65. The summed E-state index contributed by atoms with van der Waals surface area (Å²) in [6.45, 7) is 0.588. The van der Waals surface area contributed by atoms with Crippen LogP contribution in [0.25, 0.3) is 16.9 Å². The molecule has 1 N–H and O–H groups in total. The van der Waals surface area contributed by atoms with Gasteiger partial charge in [0.15, 0.2) is 5.65 Å². The Bertz CT molecular complexity index is 1050. The predicted molar refractivity (Wildman–Crippen MR) is 110 cm³/mol. The van der Waals surface area contributed by atoms with Crippen molar-refractivity contribution < 1.29 is 4.18 Å². The fraction of sp³-hybridized carbons (Fsp3) is 0.111. The van der Waals surface area contributed by atoms with Crippen LogP contribution in [0.4, 0.5) is 5.95 Å². The average molecular weight is 443 g/mol.